The second-order valence-corrected chi connectivity index (χ2v) is 5.58. The molecule has 0 aliphatic carbocycles. The molecule has 0 bridgehead atoms. The predicted molar refractivity (Wildman–Crippen MR) is 50.5 cm³/mol. The van der Waals surface area contributed by atoms with Gasteiger partial charge in [0.15, 0.2) is 0 Å². The van der Waals surface area contributed by atoms with Crippen LogP contribution in [-0.2, 0) is 0 Å². The molecule has 0 radical (unpaired) electrons. The van der Waals surface area contributed by atoms with E-state index in [-0.39, 0.29) is 0 Å². The van der Waals surface area contributed by atoms with Crippen molar-refractivity contribution in [1.29, 1.82) is 0 Å². The van der Waals surface area contributed by atoms with Crippen LogP contribution < -0.4 is 0 Å². The lowest BCUT2D eigenvalue weighted by Gasteiger charge is -2.21. The first-order chi connectivity index (χ1) is 3.80. The zero-order valence-corrected chi connectivity index (χ0v) is 7.70. The molecule has 2 atom stereocenters. The van der Waals surface area contributed by atoms with Crippen molar-refractivity contribution in [3.05, 3.63) is 0 Å². The van der Waals surface area contributed by atoms with Crippen LogP contribution in [-0.4, -0.2) is 22.0 Å². The Morgan fingerprint density at radius 1 is 1.00 bits per heavy atom. The van der Waals surface area contributed by atoms with E-state index in [0.29, 0.717) is 10.5 Å². The van der Waals surface area contributed by atoms with Gasteiger partial charge in [-0.15, -0.1) is 0 Å². The van der Waals surface area contributed by atoms with Gasteiger partial charge < -0.3 is 0 Å². The lowest BCUT2D eigenvalue weighted by molar-refractivity contribution is 0.962. The van der Waals surface area contributed by atoms with Crippen LogP contribution in [0.1, 0.15) is 0 Å². The van der Waals surface area contributed by atoms with Crippen LogP contribution >= 0.6 is 46.8 Å². The standard InChI is InChI=1S/C4H8S4/c5-3-1-7-8-2-4(3)6/h3-6H,1-2H2. The fraction of sp³-hybridized carbons (Fsp3) is 1.00. The highest BCUT2D eigenvalue weighted by Gasteiger charge is 2.18. The molecule has 1 fully saturated rings. The van der Waals surface area contributed by atoms with Crippen LogP contribution in [0.25, 0.3) is 0 Å². The molecule has 48 valence electrons. The van der Waals surface area contributed by atoms with Gasteiger partial charge in [-0.05, 0) is 0 Å². The smallest absolute Gasteiger partial charge is 0.0241 e. The Bertz CT molecular complexity index is 64.4. The van der Waals surface area contributed by atoms with Crippen molar-refractivity contribution in [3.8, 4) is 0 Å². The molecule has 2 unspecified atom stereocenters. The van der Waals surface area contributed by atoms with Crippen molar-refractivity contribution in [2.45, 2.75) is 10.5 Å². The summed E-state index contributed by atoms with van der Waals surface area (Å²) >= 11 is 8.69. The molecule has 1 aliphatic heterocycles. The van der Waals surface area contributed by atoms with E-state index in [1.165, 1.54) is 0 Å². The van der Waals surface area contributed by atoms with Gasteiger partial charge in [-0.1, -0.05) is 21.6 Å². The summed E-state index contributed by atoms with van der Waals surface area (Å²) in [7, 11) is 3.80. The molecule has 0 amide bonds. The molecule has 4 heteroatoms. The lowest BCUT2D eigenvalue weighted by Crippen LogP contribution is -2.22. The summed E-state index contributed by atoms with van der Waals surface area (Å²) in [6.07, 6.45) is 0. The third kappa shape index (κ3) is 1.97. The third-order valence-electron chi connectivity index (χ3n) is 1.01. The molecule has 1 rings (SSSR count). The number of hydrogen-bond acceptors (Lipinski definition) is 4. The Morgan fingerprint density at radius 2 is 1.38 bits per heavy atom. The maximum atomic E-state index is 4.35. The Hall–Kier alpha value is 1.40. The number of rotatable bonds is 0. The summed E-state index contributed by atoms with van der Waals surface area (Å²) in [4.78, 5) is 0. The first-order valence-electron chi connectivity index (χ1n) is 2.41. The highest BCUT2D eigenvalue weighted by Crippen LogP contribution is 2.33. The van der Waals surface area contributed by atoms with Crippen LogP contribution in [0.5, 0.6) is 0 Å². The molecule has 0 saturated carbocycles. The molecular formula is C4H8S4. The largest absolute Gasteiger partial charge is 0.174 e. The van der Waals surface area contributed by atoms with Crippen molar-refractivity contribution in [2.75, 3.05) is 11.5 Å². The molecule has 1 aliphatic rings. The van der Waals surface area contributed by atoms with Crippen molar-refractivity contribution in [2.24, 2.45) is 0 Å². The van der Waals surface area contributed by atoms with E-state index in [0.717, 1.165) is 11.5 Å². The molecule has 0 aromatic heterocycles. The van der Waals surface area contributed by atoms with Crippen molar-refractivity contribution in [3.63, 3.8) is 0 Å². The topological polar surface area (TPSA) is 0 Å². The van der Waals surface area contributed by atoms with E-state index >= 15 is 0 Å². The summed E-state index contributed by atoms with van der Waals surface area (Å²) in [6, 6.07) is 0. The number of hydrogen-bond donors (Lipinski definition) is 2. The summed E-state index contributed by atoms with van der Waals surface area (Å²) in [5.74, 6) is 2.28. The first kappa shape index (κ1) is 7.51. The second-order valence-electron chi connectivity index (χ2n) is 1.70. The van der Waals surface area contributed by atoms with Crippen molar-refractivity contribution < 1.29 is 0 Å². The molecule has 0 N–H and O–H groups in total. The lowest BCUT2D eigenvalue weighted by atomic mass is 10.3. The van der Waals surface area contributed by atoms with Gasteiger partial charge in [-0.2, -0.15) is 25.3 Å². The molecule has 1 heterocycles. The van der Waals surface area contributed by atoms with Gasteiger partial charge in [0.25, 0.3) is 0 Å². The van der Waals surface area contributed by atoms with E-state index in [1.807, 2.05) is 21.6 Å². The van der Waals surface area contributed by atoms with Crippen LogP contribution in [0.2, 0.25) is 0 Å². The Morgan fingerprint density at radius 3 is 1.62 bits per heavy atom. The van der Waals surface area contributed by atoms with E-state index in [9.17, 15) is 0 Å². The molecule has 0 spiro atoms. The Balaban J connectivity index is 2.28. The SMILES string of the molecule is SC1CSSCC1S. The monoisotopic (exact) mass is 184 g/mol. The van der Waals surface area contributed by atoms with Gasteiger partial charge in [-0.3, -0.25) is 0 Å². The molecule has 0 aromatic rings. The van der Waals surface area contributed by atoms with Crippen LogP contribution in [0, 0.1) is 0 Å². The molecule has 0 nitrogen and oxygen atoms in total. The van der Waals surface area contributed by atoms with Crippen LogP contribution in [0.3, 0.4) is 0 Å². The van der Waals surface area contributed by atoms with E-state index in [4.69, 9.17) is 0 Å². The molecular weight excluding hydrogens is 176 g/mol. The summed E-state index contributed by atoms with van der Waals surface area (Å²) in [5, 5.41) is 1.01. The third-order valence-corrected chi connectivity index (χ3v) is 5.29. The maximum absolute atomic E-state index is 4.35. The van der Waals surface area contributed by atoms with Gasteiger partial charge in [0.2, 0.25) is 0 Å². The number of thiol groups is 2. The Kier molecular flexibility index (Phi) is 3.32. The minimum absolute atomic E-state index is 0.504. The van der Waals surface area contributed by atoms with Gasteiger partial charge in [0.1, 0.15) is 0 Å². The normalized spacial score (nSPS) is 39.8. The van der Waals surface area contributed by atoms with Crippen LogP contribution in [0.15, 0.2) is 0 Å². The molecule has 0 aromatic carbocycles. The highest BCUT2D eigenvalue weighted by molar-refractivity contribution is 8.76. The maximum Gasteiger partial charge on any atom is 0.0241 e. The second kappa shape index (κ2) is 3.54. The Labute approximate surface area is 68.8 Å². The van der Waals surface area contributed by atoms with Gasteiger partial charge >= 0.3 is 0 Å². The van der Waals surface area contributed by atoms with E-state index < -0.39 is 0 Å². The van der Waals surface area contributed by atoms with Gasteiger partial charge in [0.05, 0.1) is 0 Å². The van der Waals surface area contributed by atoms with Crippen LogP contribution in [0.4, 0.5) is 0 Å². The highest BCUT2D eigenvalue weighted by atomic mass is 33.1. The van der Waals surface area contributed by atoms with E-state index in [1.54, 1.807) is 0 Å². The summed E-state index contributed by atoms with van der Waals surface area (Å²) in [6.45, 7) is 0. The average molecular weight is 184 g/mol. The predicted octanol–water partition coefficient (Wildman–Crippen LogP) is 1.98. The van der Waals surface area contributed by atoms with Crippen molar-refractivity contribution in [1.82, 2.24) is 0 Å². The molecule has 8 heavy (non-hydrogen) atoms. The average Bonchev–Trinajstić information content (AvgIpc) is 1.77. The fourth-order valence-electron chi connectivity index (χ4n) is 0.458. The fourth-order valence-corrected chi connectivity index (χ4v) is 4.40. The van der Waals surface area contributed by atoms with Gasteiger partial charge in [0, 0.05) is 22.0 Å². The van der Waals surface area contributed by atoms with E-state index in [2.05, 4.69) is 25.3 Å². The minimum Gasteiger partial charge on any atom is -0.174 e. The van der Waals surface area contributed by atoms with Gasteiger partial charge in [-0.25, -0.2) is 0 Å². The quantitative estimate of drug-likeness (QED) is 0.436. The summed E-state index contributed by atoms with van der Waals surface area (Å²) < 4.78 is 0. The zero-order valence-electron chi connectivity index (χ0n) is 4.28. The molecule has 1 saturated heterocycles. The summed E-state index contributed by atoms with van der Waals surface area (Å²) in [5.41, 5.74) is 0. The zero-order chi connectivity index (χ0) is 5.98. The minimum atomic E-state index is 0.504. The van der Waals surface area contributed by atoms with Crippen molar-refractivity contribution >= 4 is 46.8 Å². The first-order valence-corrected chi connectivity index (χ1v) is 5.93.